The summed E-state index contributed by atoms with van der Waals surface area (Å²) >= 11 is 0. The molecule has 0 spiro atoms. The average molecular weight is 837 g/mol. The van der Waals surface area contributed by atoms with Gasteiger partial charge in [0, 0.05) is 19.3 Å². The van der Waals surface area contributed by atoms with E-state index in [4.69, 9.17) is 14.2 Å². The average Bonchev–Trinajstić information content (AvgIpc) is 3.24. The lowest BCUT2D eigenvalue weighted by atomic mass is 10.1. The van der Waals surface area contributed by atoms with Crippen LogP contribution in [0.15, 0.2) is 72.9 Å². The first-order valence-corrected chi connectivity index (χ1v) is 24.9. The van der Waals surface area contributed by atoms with Crippen molar-refractivity contribution in [3.63, 3.8) is 0 Å². The highest BCUT2D eigenvalue weighted by molar-refractivity contribution is 5.71. The van der Waals surface area contributed by atoms with Crippen molar-refractivity contribution >= 4 is 17.9 Å². The van der Waals surface area contributed by atoms with Crippen molar-refractivity contribution in [2.45, 2.75) is 239 Å². The maximum absolute atomic E-state index is 12.8. The SMILES string of the molecule is CC/C=C\C/C=C\CCCCCCCCCC(=O)OCC(COC(=O)CCCCCCCCC/C=C\C/C=C\CC)OC(=O)CCCCCCCCC/C=C\C/C=C\CC. The van der Waals surface area contributed by atoms with Crippen molar-refractivity contribution in [3.05, 3.63) is 72.9 Å². The zero-order valence-corrected chi connectivity index (χ0v) is 39.2. The number of carbonyl (C=O) groups is 3. The van der Waals surface area contributed by atoms with Crippen molar-refractivity contribution in [2.24, 2.45) is 0 Å². The first-order chi connectivity index (χ1) is 29.5. The molecule has 0 amide bonds. The molecule has 344 valence electrons. The van der Waals surface area contributed by atoms with Gasteiger partial charge in [-0.1, -0.05) is 190 Å². The summed E-state index contributed by atoms with van der Waals surface area (Å²) in [6.07, 6.45) is 60.3. The second-order valence-electron chi connectivity index (χ2n) is 16.3. The van der Waals surface area contributed by atoms with E-state index in [1.807, 2.05) is 0 Å². The third-order valence-electron chi connectivity index (χ3n) is 10.4. The van der Waals surface area contributed by atoms with Crippen LogP contribution < -0.4 is 0 Å². The van der Waals surface area contributed by atoms with E-state index in [-0.39, 0.29) is 31.1 Å². The van der Waals surface area contributed by atoms with E-state index in [1.54, 1.807) is 0 Å². The van der Waals surface area contributed by atoms with Crippen LogP contribution in [-0.2, 0) is 28.6 Å². The molecule has 0 aromatic carbocycles. The summed E-state index contributed by atoms with van der Waals surface area (Å²) in [5, 5.41) is 0. The van der Waals surface area contributed by atoms with E-state index in [0.29, 0.717) is 19.3 Å². The predicted molar refractivity (Wildman–Crippen MR) is 256 cm³/mol. The first-order valence-electron chi connectivity index (χ1n) is 24.9. The highest BCUT2D eigenvalue weighted by Crippen LogP contribution is 2.14. The molecule has 0 unspecified atom stereocenters. The van der Waals surface area contributed by atoms with Gasteiger partial charge < -0.3 is 14.2 Å². The van der Waals surface area contributed by atoms with E-state index in [2.05, 4.69) is 93.7 Å². The summed E-state index contributed by atoms with van der Waals surface area (Å²) in [7, 11) is 0. The third kappa shape index (κ3) is 45.9. The molecule has 0 rings (SSSR count). The van der Waals surface area contributed by atoms with Gasteiger partial charge in [0.05, 0.1) is 0 Å². The van der Waals surface area contributed by atoms with Gasteiger partial charge in [0.25, 0.3) is 0 Å². The highest BCUT2D eigenvalue weighted by Gasteiger charge is 2.19. The van der Waals surface area contributed by atoms with Crippen molar-refractivity contribution in [2.75, 3.05) is 13.2 Å². The van der Waals surface area contributed by atoms with Gasteiger partial charge in [-0.25, -0.2) is 0 Å². The van der Waals surface area contributed by atoms with E-state index >= 15 is 0 Å². The molecule has 0 saturated heterocycles. The van der Waals surface area contributed by atoms with Gasteiger partial charge in [-0.2, -0.15) is 0 Å². The molecule has 6 nitrogen and oxygen atoms in total. The number of esters is 3. The van der Waals surface area contributed by atoms with Gasteiger partial charge in [-0.15, -0.1) is 0 Å². The summed E-state index contributed by atoms with van der Waals surface area (Å²) < 4.78 is 16.8. The molecule has 0 aliphatic heterocycles. The van der Waals surface area contributed by atoms with Crippen LogP contribution in [0.25, 0.3) is 0 Å². The molecule has 60 heavy (non-hydrogen) atoms. The molecule has 0 bridgehead atoms. The minimum atomic E-state index is -0.785. The van der Waals surface area contributed by atoms with E-state index in [1.165, 1.54) is 77.0 Å². The van der Waals surface area contributed by atoms with Crippen LogP contribution in [0, 0.1) is 0 Å². The lowest BCUT2D eigenvalue weighted by Crippen LogP contribution is -2.30. The van der Waals surface area contributed by atoms with Crippen LogP contribution in [0.5, 0.6) is 0 Å². The lowest BCUT2D eigenvalue weighted by Gasteiger charge is -2.18. The maximum Gasteiger partial charge on any atom is 0.306 e. The van der Waals surface area contributed by atoms with Crippen LogP contribution in [0.2, 0.25) is 0 Å². The molecule has 0 heterocycles. The Kier molecular flexibility index (Phi) is 46.0. The smallest absolute Gasteiger partial charge is 0.306 e. The Balaban J connectivity index is 4.41. The summed E-state index contributed by atoms with van der Waals surface area (Å²) in [6, 6.07) is 0. The molecule has 0 saturated carbocycles. The topological polar surface area (TPSA) is 78.9 Å². The standard InChI is InChI=1S/C54H92O6/c1-4-7-10-13-16-19-22-25-28-31-34-37-40-43-46-52(55)58-49-51(60-54(57)48-45-42-39-36-33-30-27-24-21-18-15-12-9-6-3)50-59-53(56)47-44-41-38-35-32-29-26-23-20-17-14-11-8-5-2/h7-12,16-21,51H,4-6,13-15,22-50H2,1-3H3/b10-7-,11-8-,12-9-,19-16-,20-17-,21-18-. The second kappa shape index (κ2) is 48.5. The van der Waals surface area contributed by atoms with E-state index in [9.17, 15) is 14.4 Å². The Labute approximate surface area is 370 Å². The van der Waals surface area contributed by atoms with E-state index < -0.39 is 6.10 Å². The van der Waals surface area contributed by atoms with Crippen LogP contribution in [0.1, 0.15) is 233 Å². The summed E-state index contributed by atoms with van der Waals surface area (Å²) in [6.45, 7) is 6.30. The third-order valence-corrected chi connectivity index (χ3v) is 10.4. The zero-order chi connectivity index (χ0) is 43.7. The van der Waals surface area contributed by atoms with Crippen molar-refractivity contribution < 1.29 is 28.6 Å². The van der Waals surface area contributed by atoms with Gasteiger partial charge in [0.15, 0.2) is 6.10 Å². The summed E-state index contributed by atoms with van der Waals surface area (Å²) in [4.78, 5) is 37.9. The Morgan fingerprint density at radius 3 is 0.917 bits per heavy atom. The number of hydrogen-bond donors (Lipinski definition) is 0. The largest absolute Gasteiger partial charge is 0.462 e. The van der Waals surface area contributed by atoms with E-state index in [0.717, 1.165) is 116 Å². The Morgan fingerprint density at radius 2 is 0.600 bits per heavy atom. The Hall–Kier alpha value is -3.15. The van der Waals surface area contributed by atoms with Crippen LogP contribution in [-0.4, -0.2) is 37.2 Å². The monoisotopic (exact) mass is 837 g/mol. The molecule has 6 heteroatoms. The number of ether oxygens (including phenoxy) is 3. The molecular formula is C54H92O6. The fourth-order valence-electron chi connectivity index (χ4n) is 6.79. The molecule has 0 atom stereocenters. The van der Waals surface area contributed by atoms with Gasteiger partial charge in [0.2, 0.25) is 0 Å². The molecular weight excluding hydrogens is 745 g/mol. The minimum Gasteiger partial charge on any atom is -0.462 e. The van der Waals surface area contributed by atoms with Gasteiger partial charge in [-0.05, 0) is 96.3 Å². The lowest BCUT2D eigenvalue weighted by molar-refractivity contribution is -0.167. The molecule has 0 aliphatic carbocycles. The van der Waals surface area contributed by atoms with Crippen LogP contribution in [0.4, 0.5) is 0 Å². The Bertz CT molecular complexity index is 1080. The molecule has 0 radical (unpaired) electrons. The van der Waals surface area contributed by atoms with Crippen molar-refractivity contribution in [1.29, 1.82) is 0 Å². The van der Waals surface area contributed by atoms with Crippen LogP contribution in [0.3, 0.4) is 0 Å². The van der Waals surface area contributed by atoms with Crippen LogP contribution >= 0.6 is 0 Å². The number of rotatable bonds is 44. The van der Waals surface area contributed by atoms with Gasteiger partial charge in [-0.3, -0.25) is 14.4 Å². The minimum absolute atomic E-state index is 0.0858. The molecule has 0 fully saturated rings. The number of allylic oxidation sites excluding steroid dienone is 12. The summed E-state index contributed by atoms with van der Waals surface area (Å²) in [5.74, 6) is -0.910. The van der Waals surface area contributed by atoms with Gasteiger partial charge in [0.1, 0.15) is 13.2 Å². The fraction of sp³-hybridized carbons (Fsp3) is 0.722. The number of unbranched alkanes of at least 4 members (excludes halogenated alkanes) is 21. The maximum atomic E-state index is 12.8. The predicted octanol–water partition coefficient (Wildman–Crippen LogP) is 16.3. The molecule has 0 aliphatic rings. The Morgan fingerprint density at radius 1 is 0.333 bits per heavy atom. The highest BCUT2D eigenvalue weighted by atomic mass is 16.6. The molecule has 0 aromatic rings. The normalized spacial score (nSPS) is 12.2. The van der Waals surface area contributed by atoms with Gasteiger partial charge >= 0.3 is 17.9 Å². The van der Waals surface area contributed by atoms with Crippen molar-refractivity contribution in [3.8, 4) is 0 Å². The molecule has 0 N–H and O–H groups in total. The molecule has 0 aromatic heterocycles. The first kappa shape index (κ1) is 56.9. The van der Waals surface area contributed by atoms with Crippen molar-refractivity contribution in [1.82, 2.24) is 0 Å². The fourth-order valence-corrected chi connectivity index (χ4v) is 6.79. The zero-order valence-electron chi connectivity index (χ0n) is 39.2. The summed E-state index contributed by atoms with van der Waals surface area (Å²) in [5.41, 5.74) is 0. The number of hydrogen-bond acceptors (Lipinski definition) is 6. The second-order valence-corrected chi connectivity index (χ2v) is 16.3. The number of carbonyl (C=O) groups excluding carboxylic acids is 3. The quantitative estimate of drug-likeness (QED) is 0.0263.